The molecule has 0 atom stereocenters. The first-order valence-electron chi connectivity index (χ1n) is 6.58. The van der Waals surface area contributed by atoms with Gasteiger partial charge in [-0.2, -0.15) is 0 Å². The summed E-state index contributed by atoms with van der Waals surface area (Å²) >= 11 is 5.86. The minimum atomic E-state index is -1.12. The Morgan fingerprint density at radius 2 is 1.91 bits per heavy atom. The van der Waals surface area contributed by atoms with Crippen molar-refractivity contribution < 1.29 is 13.6 Å². The van der Waals surface area contributed by atoms with E-state index in [0.29, 0.717) is 10.5 Å². The van der Waals surface area contributed by atoms with Gasteiger partial charge in [-0.1, -0.05) is 11.6 Å². The highest BCUT2D eigenvalue weighted by Gasteiger charge is 2.12. The van der Waals surface area contributed by atoms with Crippen LogP contribution >= 0.6 is 11.6 Å². The molecule has 0 spiro atoms. The maximum Gasteiger partial charge on any atom is 0.261 e. The van der Waals surface area contributed by atoms with E-state index in [9.17, 15) is 18.4 Å². The second kappa shape index (κ2) is 5.89. The summed E-state index contributed by atoms with van der Waals surface area (Å²) < 4.78 is 27.2. The number of rotatable bonds is 3. The highest BCUT2D eigenvalue weighted by molar-refractivity contribution is 6.31. The van der Waals surface area contributed by atoms with Crippen LogP contribution in [0, 0.1) is 11.6 Å². The lowest BCUT2D eigenvalue weighted by atomic mass is 10.1. The van der Waals surface area contributed by atoms with Gasteiger partial charge in [-0.05, 0) is 36.4 Å². The lowest BCUT2D eigenvalue weighted by molar-refractivity contribution is 0.0970. The zero-order valence-corrected chi connectivity index (χ0v) is 12.3. The lowest BCUT2D eigenvalue weighted by Crippen LogP contribution is -2.24. The minimum absolute atomic E-state index is 0.0259. The van der Waals surface area contributed by atoms with Crippen LogP contribution in [0.15, 0.2) is 47.5 Å². The third-order valence-electron chi connectivity index (χ3n) is 3.34. The largest absolute Gasteiger partial charge is 0.292 e. The molecular weight excluding hydrogens is 326 g/mol. The van der Waals surface area contributed by atoms with Crippen molar-refractivity contribution in [2.75, 3.05) is 0 Å². The number of benzene rings is 2. The molecular formula is C16H9ClF2N2O2. The van der Waals surface area contributed by atoms with Crippen LogP contribution in [0.1, 0.15) is 10.4 Å². The Morgan fingerprint density at radius 3 is 2.65 bits per heavy atom. The summed E-state index contributed by atoms with van der Waals surface area (Å²) in [6, 6.07) is 7.49. The Balaban J connectivity index is 1.97. The fourth-order valence-corrected chi connectivity index (χ4v) is 2.33. The number of Topliss-reactive ketones (excluding diaryl/α,β-unsaturated/α-hetero) is 1. The topological polar surface area (TPSA) is 52.0 Å². The van der Waals surface area contributed by atoms with Gasteiger partial charge < -0.3 is 0 Å². The third kappa shape index (κ3) is 2.98. The van der Waals surface area contributed by atoms with E-state index in [0.717, 1.165) is 22.8 Å². The van der Waals surface area contributed by atoms with Gasteiger partial charge in [0.05, 0.1) is 23.8 Å². The van der Waals surface area contributed by atoms with Crippen LogP contribution in [-0.2, 0) is 6.54 Å². The number of nitrogens with zero attached hydrogens (tertiary/aromatic N) is 2. The summed E-state index contributed by atoms with van der Waals surface area (Å²) in [5.74, 6) is -2.69. The second-order valence-corrected chi connectivity index (χ2v) is 5.33. The highest BCUT2D eigenvalue weighted by Crippen LogP contribution is 2.14. The molecule has 23 heavy (non-hydrogen) atoms. The molecule has 0 aliphatic carbocycles. The van der Waals surface area contributed by atoms with E-state index in [1.54, 1.807) is 12.1 Å². The molecule has 0 amide bonds. The molecule has 116 valence electrons. The molecule has 0 N–H and O–H groups in total. The minimum Gasteiger partial charge on any atom is -0.292 e. The normalized spacial score (nSPS) is 10.9. The van der Waals surface area contributed by atoms with Crippen LogP contribution in [0.25, 0.3) is 10.9 Å². The van der Waals surface area contributed by atoms with Gasteiger partial charge >= 0.3 is 0 Å². The Kier molecular flexibility index (Phi) is 3.92. The zero-order valence-electron chi connectivity index (χ0n) is 11.6. The predicted molar refractivity (Wildman–Crippen MR) is 81.7 cm³/mol. The van der Waals surface area contributed by atoms with Crippen molar-refractivity contribution in [3.8, 4) is 0 Å². The quantitative estimate of drug-likeness (QED) is 0.691. The molecule has 0 aliphatic heterocycles. The van der Waals surface area contributed by atoms with Crippen LogP contribution < -0.4 is 5.56 Å². The van der Waals surface area contributed by atoms with Crippen LogP contribution in [0.2, 0.25) is 5.02 Å². The predicted octanol–water partition coefficient (Wildman–Crippen LogP) is 3.21. The molecule has 1 heterocycles. The van der Waals surface area contributed by atoms with Gasteiger partial charge in [-0.15, -0.1) is 0 Å². The van der Waals surface area contributed by atoms with E-state index in [-0.39, 0.29) is 17.5 Å². The lowest BCUT2D eigenvalue weighted by Gasteiger charge is -2.06. The molecule has 2 aromatic carbocycles. The van der Waals surface area contributed by atoms with Crippen molar-refractivity contribution in [3.05, 3.63) is 75.3 Å². The molecule has 0 fully saturated rings. The van der Waals surface area contributed by atoms with Gasteiger partial charge in [-0.25, -0.2) is 13.8 Å². The van der Waals surface area contributed by atoms with Crippen molar-refractivity contribution in [1.29, 1.82) is 0 Å². The summed E-state index contributed by atoms with van der Waals surface area (Å²) in [5, 5.41) is 0.652. The summed E-state index contributed by atoms with van der Waals surface area (Å²) in [6.45, 7) is -0.334. The Labute approximate surface area is 134 Å². The number of aromatic nitrogens is 2. The van der Waals surface area contributed by atoms with E-state index in [1.807, 2.05) is 0 Å². The van der Waals surface area contributed by atoms with Crippen LogP contribution in [0.4, 0.5) is 8.78 Å². The second-order valence-electron chi connectivity index (χ2n) is 4.89. The first-order valence-corrected chi connectivity index (χ1v) is 6.96. The first-order chi connectivity index (χ1) is 11.0. The molecule has 0 aliphatic rings. The molecule has 0 bridgehead atoms. The fourth-order valence-electron chi connectivity index (χ4n) is 2.16. The van der Waals surface area contributed by atoms with Crippen molar-refractivity contribution in [3.63, 3.8) is 0 Å². The molecule has 3 rings (SSSR count). The number of halogens is 3. The first kappa shape index (κ1) is 15.3. The summed E-state index contributed by atoms with van der Waals surface area (Å²) in [4.78, 5) is 28.6. The third-order valence-corrected chi connectivity index (χ3v) is 3.58. The van der Waals surface area contributed by atoms with Gasteiger partial charge in [0, 0.05) is 10.6 Å². The molecule has 7 heteroatoms. The number of hydrogen-bond donors (Lipinski definition) is 0. The molecule has 1 aromatic heterocycles. The van der Waals surface area contributed by atoms with Crippen molar-refractivity contribution >= 4 is 28.3 Å². The highest BCUT2D eigenvalue weighted by atomic mass is 35.5. The summed E-state index contributed by atoms with van der Waals surface area (Å²) in [7, 11) is 0. The van der Waals surface area contributed by atoms with Crippen molar-refractivity contribution in [2.45, 2.75) is 6.54 Å². The molecule has 0 radical (unpaired) electrons. The van der Waals surface area contributed by atoms with Crippen LogP contribution in [0.3, 0.4) is 0 Å². The SMILES string of the molecule is O=C(Cn1cnc2ccc(Cl)cc2c1=O)c1ccc(F)c(F)c1. The number of ketones is 1. The molecule has 0 saturated heterocycles. The molecule has 4 nitrogen and oxygen atoms in total. The number of hydrogen-bond acceptors (Lipinski definition) is 3. The number of carbonyl (C=O) groups is 1. The van der Waals surface area contributed by atoms with Gasteiger partial charge in [0.2, 0.25) is 0 Å². The van der Waals surface area contributed by atoms with Gasteiger partial charge in [0.15, 0.2) is 17.4 Å². The average Bonchev–Trinajstić information content (AvgIpc) is 2.53. The zero-order chi connectivity index (χ0) is 16.6. The number of carbonyl (C=O) groups excluding carboxylic acids is 1. The Morgan fingerprint density at radius 1 is 1.13 bits per heavy atom. The fraction of sp³-hybridized carbons (Fsp3) is 0.0625. The molecule has 0 saturated carbocycles. The van der Waals surface area contributed by atoms with E-state index < -0.39 is 23.0 Å². The van der Waals surface area contributed by atoms with Gasteiger partial charge in [0.1, 0.15) is 0 Å². The smallest absolute Gasteiger partial charge is 0.261 e. The molecule has 0 unspecified atom stereocenters. The van der Waals surface area contributed by atoms with E-state index in [2.05, 4.69) is 4.98 Å². The standard InChI is InChI=1S/C16H9ClF2N2O2/c17-10-2-4-14-11(6-10)16(23)21(8-20-14)7-15(22)9-1-3-12(18)13(19)5-9/h1-6,8H,7H2. The maximum atomic E-state index is 13.2. The number of fused-ring (bicyclic) bond motifs is 1. The van der Waals surface area contributed by atoms with E-state index in [4.69, 9.17) is 11.6 Å². The monoisotopic (exact) mass is 334 g/mol. The van der Waals surface area contributed by atoms with E-state index in [1.165, 1.54) is 12.4 Å². The van der Waals surface area contributed by atoms with Gasteiger partial charge in [-0.3, -0.25) is 14.2 Å². The maximum absolute atomic E-state index is 13.2. The Bertz CT molecular complexity index is 985. The van der Waals surface area contributed by atoms with Crippen LogP contribution in [0.5, 0.6) is 0 Å². The summed E-state index contributed by atoms with van der Waals surface area (Å²) in [5.41, 5.74) is -0.00801. The van der Waals surface area contributed by atoms with Crippen molar-refractivity contribution in [2.24, 2.45) is 0 Å². The Hall–Kier alpha value is -2.60. The van der Waals surface area contributed by atoms with Crippen molar-refractivity contribution in [1.82, 2.24) is 9.55 Å². The summed E-state index contributed by atoms with van der Waals surface area (Å²) in [6.07, 6.45) is 1.23. The van der Waals surface area contributed by atoms with Gasteiger partial charge in [0.25, 0.3) is 5.56 Å². The average molecular weight is 335 g/mol. The molecule has 3 aromatic rings. The van der Waals surface area contributed by atoms with E-state index >= 15 is 0 Å². The van der Waals surface area contributed by atoms with Crippen LogP contribution in [-0.4, -0.2) is 15.3 Å².